The molecule has 1 aliphatic heterocycles. The summed E-state index contributed by atoms with van der Waals surface area (Å²) in [6.07, 6.45) is 0.232. The first-order valence-electron chi connectivity index (χ1n) is 5.21. The van der Waals surface area contributed by atoms with Crippen molar-refractivity contribution in [3.05, 3.63) is 23.5 Å². The number of carboxylic acid groups (broad SMARTS) is 1. The summed E-state index contributed by atoms with van der Waals surface area (Å²) < 4.78 is 23.6. The van der Waals surface area contributed by atoms with Gasteiger partial charge in [-0.1, -0.05) is 0 Å². The summed E-state index contributed by atoms with van der Waals surface area (Å²) in [5.41, 5.74) is -0.362. The predicted octanol–water partition coefficient (Wildman–Crippen LogP) is 2.21. The molecule has 92 valence electrons. The molecule has 1 aromatic rings. The van der Waals surface area contributed by atoms with Gasteiger partial charge in [0.05, 0.1) is 5.41 Å². The number of hydrogen-bond acceptors (Lipinski definition) is 3. The molecule has 5 heteroatoms. The molecule has 0 bridgehead atoms. The average molecular weight is 240 g/mol. The Bertz CT molecular complexity index is 468. The Balaban J connectivity index is 2.29. The van der Waals surface area contributed by atoms with Gasteiger partial charge in [0, 0.05) is 0 Å². The van der Waals surface area contributed by atoms with Gasteiger partial charge in [0.1, 0.15) is 0 Å². The Morgan fingerprint density at radius 1 is 1.47 bits per heavy atom. The molecule has 0 fully saturated rings. The molecule has 1 N–H and O–H groups in total. The predicted molar refractivity (Wildman–Crippen MR) is 57.6 cm³/mol. The molecule has 0 amide bonds. The molecule has 1 heterocycles. The first kappa shape index (κ1) is 11.7. The van der Waals surface area contributed by atoms with E-state index in [4.69, 9.17) is 14.6 Å². The summed E-state index contributed by atoms with van der Waals surface area (Å²) in [5, 5.41) is 9.02. The van der Waals surface area contributed by atoms with Crippen LogP contribution in [0.15, 0.2) is 12.1 Å². The molecule has 0 aliphatic carbocycles. The first-order valence-corrected chi connectivity index (χ1v) is 5.21. The zero-order valence-corrected chi connectivity index (χ0v) is 9.62. The maximum absolute atomic E-state index is 13.6. The molecule has 4 nitrogen and oxygen atoms in total. The van der Waals surface area contributed by atoms with Crippen LogP contribution < -0.4 is 9.47 Å². The van der Waals surface area contributed by atoms with Crippen LogP contribution in [0.3, 0.4) is 0 Å². The second-order valence-electron chi connectivity index (χ2n) is 4.68. The molecule has 0 unspecified atom stereocenters. The van der Waals surface area contributed by atoms with Gasteiger partial charge in [-0.2, -0.15) is 0 Å². The summed E-state index contributed by atoms with van der Waals surface area (Å²) in [4.78, 5) is 11.0. The third-order valence-electron chi connectivity index (χ3n) is 2.71. The normalized spacial score (nSPS) is 13.8. The standard InChI is InChI=1S/C12H13FO4/c1-12(2,11(14)15)5-7-3-8(13)10-9(4-7)16-6-17-10/h3-4H,5-6H2,1-2H3,(H,14,15). The topological polar surface area (TPSA) is 55.8 Å². The van der Waals surface area contributed by atoms with E-state index in [1.807, 2.05) is 0 Å². The van der Waals surface area contributed by atoms with Gasteiger partial charge < -0.3 is 14.6 Å². The maximum atomic E-state index is 13.6. The third-order valence-corrected chi connectivity index (χ3v) is 2.71. The Morgan fingerprint density at radius 2 is 2.18 bits per heavy atom. The first-order chi connectivity index (χ1) is 7.90. The van der Waals surface area contributed by atoms with E-state index < -0.39 is 17.2 Å². The lowest BCUT2D eigenvalue weighted by Gasteiger charge is -2.19. The quantitative estimate of drug-likeness (QED) is 0.880. The number of benzene rings is 1. The summed E-state index contributed by atoms with van der Waals surface area (Å²) in [6.45, 7) is 3.19. The Labute approximate surface area is 98.0 Å². The second-order valence-corrected chi connectivity index (χ2v) is 4.68. The van der Waals surface area contributed by atoms with E-state index in [0.717, 1.165) is 0 Å². The highest BCUT2D eigenvalue weighted by molar-refractivity contribution is 5.74. The van der Waals surface area contributed by atoms with Crippen molar-refractivity contribution in [2.45, 2.75) is 20.3 Å². The minimum Gasteiger partial charge on any atom is -0.481 e. The van der Waals surface area contributed by atoms with Gasteiger partial charge in [-0.25, -0.2) is 4.39 Å². The molecule has 0 saturated carbocycles. The highest BCUT2D eigenvalue weighted by Crippen LogP contribution is 2.37. The number of halogens is 1. The van der Waals surface area contributed by atoms with E-state index in [2.05, 4.69) is 0 Å². The highest BCUT2D eigenvalue weighted by Gasteiger charge is 2.29. The van der Waals surface area contributed by atoms with Gasteiger partial charge in [-0.05, 0) is 38.0 Å². The van der Waals surface area contributed by atoms with E-state index >= 15 is 0 Å². The van der Waals surface area contributed by atoms with E-state index in [1.54, 1.807) is 19.9 Å². The molecule has 0 atom stereocenters. The molecular weight excluding hydrogens is 227 g/mol. The van der Waals surface area contributed by atoms with Crippen LogP contribution in [0, 0.1) is 11.2 Å². The minimum absolute atomic E-state index is 0.00195. The van der Waals surface area contributed by atoms with Crippen LogP contribution in [-0.2, 0) is 11.2 Å². The fourth-order valence-electron chi connectivity index (χ4n) is 1.71. The number of fused-ring (bicyclic) bond motifs is 1. The van der Waals surface area contributed by atoms with Crippen molar-refractivity contribution in [3.8, 4) is 11.5 Å². The Kier molecular flexibility index (Phi) is 2.69. The summed E-state index contributed by atoms with van der Waals surface area (Å²) in [6, 6.07) is 2.91. The zero-order chi connectivity index (χ0) is 12.6. The second kappa shape index (κ2) is 3.91. The van der Waals surface area contributed by atoms with Crippen LogP contribution in [0.1, 0.15) is 19.4 Å². The fourth-order valence-corrected chi connectivity index (χ4v) is 1.71. The summed E-state index contributed by atoms with van der Waals surface area (Å²) >= 11 is 0. The Hall–Kier alpha value is -1.78. The van der Waals surface area contributed by atoms with Crippen LogP contribution >= 0.6 is 0 Å². The summed E-state index contributed by atoms with van der Waals surface area (Å²) in [7, 11) is 0. The van der Waals surface area contributed by atoms with Crippen LogP contribution in [0.2, 0.25) is 0 Å². The SMILES string of the molecule is CC(C)(Cc1cc(F)c2c(c1)OCO2)C(=O)O. The van der Waals surface area contributed by atoms with Crippen molar-refractivity contribution in [1.29, 1.82) is 0 Å². The largest absolute Gasteiger partial charge is 0.481 e. The minimum atomic E-state index is -0.944. The van der Waals surface area contributed by atoms with Crippen LogP contribution in [0.25, 0.3) is 0 Å². The molecule has 1 aliphatic rings. The monoisotopic (exact) mass is 240 g/mol. The number of rotatable bonds is 3. The molecule has 2 rings (SSSR count). The number of carbonyl (C=O) groups is 1. The van der Waals surface area contributed by atoms with Crippen molar-refractivity contribution in [2.75, 3.05) is 6.79 Å². The lowest BCUT2D eigenvalue weighted by atomic mass is 9.86. The average Bonchev–Trinajstić information content (AvgIpc) is 2.64. The number of carboxylic acids is 1. The van der Waals surface area contributed by atoms with E-state index in [1.165, 1.54) is 6.07 Å². The zero-order valence-electron chi connectivity index (χ0n) is 9.62. The number of aliphatic carboxylic acids is 1. The van der Waals surface area contributed by atoms with Crippen LogP contribution in [0.4, 0.5) is 4.39 Å². The van der Waals surface area contributed by atoms with Gasteiger partial charge in [0.25, 0.3) is 0 Å². The van der Waals surface area contributed by atoms with Gasteiger partial charge in [-0.3, -0.25) is 4.79 Å². The van der Waals surface area contributed by atoms with E-state index in [0.29, 0.717) is 11.3 Å². The number of hydrogen-bond donors (Lipinski definition) is 1. The van der Waals surface area contributed by atoms with Crippen molar-refractivity contribution in [2.24, 2.45) is 5.41 Å². The molecule has 1 aromatic carbocycles. The maximum Gasteiger partial charge on any atom is 0.309 e. The van der Waals surface area contributed by atoms with E-state index in [-0.39, 0.29) is 19.0 Å². The van der Waals surface area contributed by atoms with Gasteiger partial charge >= 0.3 is 5.97 Å². The van der Waals surface area contributed by atoms with Crippen molar-refractivity contribution in [3.63, 3.8) is 0 Å². The molecule has 17 heavy (non-hydrogen) atoms. The summed E-state index contributed by atoms with van der Waals surface area (Å²) in [5.74, 6) is -1.00. The highest BCUT2D eigenvalue weighted by atomic mass is 19.1. The van der Waals surface area contributed by atoms with Crippen molar-refractivity contribution >= 4 is 5.97 Å². The van der Waals surface area contributed by atoms with E-state index in [9.17, 15) is 9.18 Å². The van der Waals surface area contributed by atoms with Crippen molar-refractivity contribution < 1.29 is 23.8 Å². The van der Waals surface area contributed by atoms with Gasteiger partial charge in [0.15, 0.2) is 11.6 Å². The lowest BCUT2D eigenvalue weighted by molar-refractivity contribution is -0.146. The molecule has 0 spiro atoms. The van der Waals surface area contributed by atoms with Gasteiger partial charge in [-0.15, -0.1) is 0 Å². The third kappa shape index (κ3) is 2.18. The molecule has 0 saturated heterocycles. The molecular formula is C12H13FO4. The lowest BCUT2D eigenvalue weighted by Crippen LogP contribution is -2.26. The Morgan fingerprint density at radius 3 is 2.82 bits per heavy atom. The van der Waals surface area contributed by atoms with Crippen LogP contribution in [-0.4, -0.2) is 17.9 Å². The van der Waals surface area contributed by atoms with Crippen molar-refractivity contribution in [1.82, 2.24) is 0 Å². The fraction of sp³-hybridized carbons (Fsp3) is 0.417. The smallest absolute Gasteiger partial charge is 0.309 e. The molecule has 0 aromatic heterocycles. The van der Waals surface area contributed by atoms with Gasteiger partial charge in [0.2, 0.25) is 12.5 Å². The number of ether oxygens (including phenoxy) is 2. The van der Waals surface area contributed by atoms with Crippen LogP contribution in [0.5, 0.6) is 11.5 Å². The molecule has 0 radical (unpaired) electrons.